The van der Waals surface area contributed by atoms with Gasteiger partial charge in [-0.15, -0.1) is 0 Å². The summed E-state index contributed by atoms with van der Waals surface area (Å²) < 4.78 is 1.39. The van der Waals surface area contributed by atoms with Crippen molar-refractivity contribution in [2.75, 3.05) is 11.4 Å². The Bertz CT molecular complexity index is 1070. The summed E-state index contributed by atoms with van der Waals surface area (Å²) in [4.78, 5) is 25.8. The third-order valence-electron chi connectivity index (χ3n) is 4.54. The van der Waals surface area contributed by atoms with Gasteiger partial charge in [0.15, 0.2) is 17.2 Å². The summed E-state index contributed by atoms with van der Waals surface area (Å²) in [7, 11) is 0. The van der Waals surface area contributed by atoms with Gasteiger partial charge < -0.3 is 10.0 Å². The Morgan fingerprint density at radius 1 is 1.04 bits per heavy atom. The molecule has 26 heavy (non-hydrogen) atoms. The number of hydrogen-bond donors (Lipinski definition) is 1. The molecule has 1 aromatic heterocycles. The van der Waals surface area contributed by atoms with Gasteiger partial charge in [0, 0.05) is 19.2 Å². The number of rotatable bonds is 3. The summed E-state index contributed by atoms with van der Waals surface area (Å²) in [5, 5.41) is 14.1. The lowest BCUT2D eigenvalue weighted by Crippen LogP contribution is -2.21. The van der Waals surface area contributed by atoms with E-state index < -0.39 is 17.0 Å². The standard InChI is InChI=1S/C20H17N3O3/c1-13(24)19-20(26)18(25)12-23(21-19)17-9-5-4-8-16(17)22-11-10-14-6-2-3-7-15(14)22/h2-9,12,25H,10-11H2,1H3. The molecular formula is C20H17N3O3. The number of aromatic hydroxyl groups is 1. The quantitative estimate of drug-likeness (QED) is 0.738. The third-order valence-corrected chi connectivity index (χ3v) is 4.54. The first-order valence-electron chi connectivity index (χ1n) is 8.35. The molecule has 0 atom stereocenters. The molecule has 0 unspecified atom stereocenters. The van der Waals surface area contributed by atoms with Crippen LogP contribution in [-0.4, -0.2) is 27.2 Å². The van der Waals surface area contributed by atoms with Crippen LogP contribution < -0.4 is 10.3 Å². The second kappa shape index (κ2) is 6.15. The Kier molecular flexibility index (Phi) is 3.80. The highest BCUT2D eigenvalue weighted by Crippen LogP contribution is 2.37. The van der Waals surface area contributed by atoms with E-state index in [0.717, 1.165) is 24.3 Å². The van der Waals surface area contributed by atoms with Gasteiger partial charge in [-0.3, -0.25) is 9.59 Å². The average Bonchev–Trinajstić information content (AvgIpc) is 3.07. The highest BCUT2D eigenvalue weighted by atomic mass is 16.3. The molecular weight excluding hydrogens is 330 g/mol. The van der Waals surface area contributed by atoms with E-state index in [1.165, 1.54) is 23.4 Å². The number of benzene rings is 2. The lowest BCUT2D eigenvalue weighted by Gasteiger charge is -2.23. The molecule has 0 radical (unpaired) electrons. The predicted molar refractivity (Wildman–Crippen MR) is 98.7 cm³/mol. The second-order valence-electron chi connectivity index (χ2n) is 6.21. The Balaban J connectivity index is 1.89. The zero-order valence-corrected chi connectivity index (χ0v) is 14.2. The van der Waals surface area contributed by atoms with Crippen molar-refractivity contribution in [3.05, 3.63) is 76.2 Å². The highest BCUT2D eigenvalue weighted by molar-refractivity contribution is 5.92. The monoisotopic (exact) mass is 347 g/mol. The fourth-order valence-electron chi connectivity index (χ4n) is 3.31. The zero-order chi connectivity index (χ0) is 18.3. The minimum atomic E-state index is -0.752. The van der Waals surface area contributed by atoms with Gasteiger partial charge >= 0.3 is 0 Å². The Morgan fingerprint density at radius 3 is 2.42 bits per heavy atom. The maximum atomic E-state index is 11.9. The van der Waals surface area contributed by atoms with Crippen LogP contribution in [0, 0.1) is 0 Å². The number of hydrogen-bond acceptors (Lipinski definition) is 5. The summed E-state index contributed by atoms with van der Waals surface area (Å²) in [6.45, 7) is 2.08. The molecule has 4 rings (SSSR count). The molecule has 0 spiro atoms. The molecule has 1 N–H and O–H groups in total. The number of Topliss-reactive ketones (excluding diaryl/α,β-unsaturated/α-hetero) is 1. The number of anilines is 2. The van der Waals surface area contributed by atoms with Crippen molar-refractivity contribution in [1.82, 2.24) is 9.78 Å². The molecule has 0 saturated carbocycles. The van der Waals surface area contributed by atoms with Gasteiger partial charge in [0.25, 0.3) is 5.43 Å². The smallest absolute Gasteiger partial charge is 0.252 e. The molecule has 2 heterocycles. The summed E-state index contributed by atoms with van der Waals surface area (Å²) >= 11 is 0. The van der Waals surface area contributed by atoms with Crippen molar-refractivity contribution in [2.24, 2.45) is 0 Å². The summed E-state index contributed by atoms with van der Waals surface area (Å²) in [5.74, 6) is -0.981. The van der Waals surface area contributed by atoms with E-state index in [1.807, 2.05) is 36.4 Å². The maximum absolute atomic E-state index is 11.9. The molecule has 1 aliphatic heterocycles. The van der Waals surface area contributed by atoms with Crippen LogP contribution in [0.3, 0.4) is 0 Å². The molecule has 0 saturated heterocycles. The molecule has 6 heteroatoms. The normalized spacial score (nSPS) is 12.9. The average molecular weight is 347 g/mol. The molecule has 0 aliphatic carbocycles. The Morgan fingerprint density at radius 2 is 1.69 bits per heavy atom. The second-order valence-corrected chi connectivity index (χ2v) is 6.21. The lowest BCUT2D eigenvalue weighted by atomic mass is 10.1. The lowest BCUT2D eigenvalue weighted by molar-refractivity contribution is 0.100. The van der Waals surface area contributed by atoms with Crippen LogP contribution in [0.2, 0.25) is 0 Å². The number of carbonyl (C=O) groups excluding carboxylic acids is 1. The summed E-state index contributed by atoms with van der Waals surface area (Å²) in [6, 6.07) is 15.8. The van der Waals surface area contributed by atoms with E-state index in [1.54, 1.807) is 0 Å². The van der Waals surface area contributed by atoms with Crippen LogP contribution in [0.15, 0.2) is 59.5 Å². The number of fused-ring (bicyclic) bond motifs is 1. The molecule has 3 aromatic rings. The van der Waals surface area contributed by atoms with Crippen molar-refractivity contribution in [2.45, 2.75) is 13.3 Å². The van der Waals surface area contributed by atoms with Gasteiger partial charge in [-0.05, 0) is 30.2 Å². The van der Waals surface area contributed by atoms with Crippen LogP contribution in [0.1, 0.15) is 23.0 Å². The van der Waals surface area contributed by atoms with Crippen molar-refractivity contribution < 1.29 is 9.90 Å². The van der Waals surface area contributed by atoms with Gasteiger partial charge in [-0.2, -0.15) is 5.10 Å². The van der Waals surface area contributed by atoms with E-state index in [4.69, 9.17) is 0 Å². The molecule has 6 nitrogen and oxygen atoms in total. The van der Waals surface area contributed by atoms with E-state index in [2.05, 4.69) is 22.1 Å². The fraction of sp³-hybridized carbons (Fsp3) is 0.150. The van der Waals surface area contributed by atoms with E-state index >= 15 is 0 Å². The zero-order valence-electron chi connectivity index (χ0n) is 14.2. The van der Waals surface area contributed by atoms with Crippen LogP contribution >= 0.6 is 0 Å². The van der Waals surface area contributed by atoms with Crippen LogP contribution in [0.5, 0.6) is 5.75 Å². The van der Waals surface area contributed by atoms with Crippen molar-refractivity contribution in [3.63, 3.8) is 0 Å². The maximum Gasteiger partial charge on any atom is 0.252 e. The number of carbonyl (C=O) groups is 1. The van der Waals surface area contributed by atoms with Crippen molar-refractivity contribution in [1.29, 1.82) is 0 Å². The molecule has 0 fully saturated rings. The Hall–Kier alpha value is -3.41. The molecule has 0 amide bonds. The molecule has 1 aliphatic rings. The molecule has 130 valence electrons. The molecule has 2 aromatic carbocycles. The van der Waals surface area contributed by atoms with Crippen molar-refractivity contribution in [3.8, 4) is 11.4 Å². The minimum Gasteiger partial charge on any atom is -0.503 e. The van der Waals surface area contributed by atoms with Gasteiger partial charge in [-0.25, -0.2) is 4.68 Å². The van der Waals surface area contributed by atoms with E-state index in [0.29, 0.717) is 5.69 Å². The number of aromatic nitrogens is 2. The van der Waals surface area contributed by atoms with Crippen LogP contribution in [-0.2, 0) is 6.42 Å². The fourth-order valence-corrected chi connectivity index (χ4v) is 3.31. The SMILES string of the molecule is CC(=O)c1nn(-c2ccccc2N2CCc3ccccc32)cc(O)c1=O. The Labute approximate surface area is 149 Å². The summed E-state index contributed by atoms with van der Waals surface area (Å²) in [5.41, 5.74) is 2.93. The van der Waals surface area contributed by atoms with E-state index in [9.17, 15) is 14.7 Å². The number of para-hydroxylation sites is 3. The van der Waals surface area contributed by atoms with Crippen LogP contribution in [0.4, 0.5) is 11.4 Å². The first-order chi connectivity index (χ1) is 12.6. The topological polar surface area (TPSA) is 75.4 Å². The summed E-state index contributed by atoms with van der Waals surface area (Å²) in [6.07, 6.45) is 2.18. The molecule has 0 bridgehead atoms. The largest absolute Gasteiger partial charge is 0.503 e. The van der Waals surface area contributed by atoms with Crippen LogP contribution in [0.25, 0.3) is 5.69 Å². The number of nitrogens with zero attached hydrogens (tertiary/aromatic N) is 3. The predicted octanol–water partition coefficient (Wildman–Crippen LogP) is 2.83. The number of ketones is 1. The minimum absolute atomic E-state index is 0.276. The highest BCUT2D eigenvalue weighted by Gasteiger charge is 2.23. The van der Waals surface area contributed by atoms with Gasteiger partial charge in [0.05, 0.1) is 17.6 Å². The first kappa shape index (κ1) is 16.1. The van der Waals surface area contributed by atoms with Gasteiger partial charge in [0.1, 0.15) is 0 Å². The van der Waals surface area contributed by atoms with Gasteiger partial charge in [0.2, 0.25) is 0 Å². The van der Waals surface area contributed by atoms with E-state index in [-0.39, 0.29) is 5.69 Å². The first-order valence-corrected chi connectivity index (χ1v) is 8.35. The van der Waals surface area contributed by atoms with Gasteiger partial charge in [-0.1, -0.05) is 30.3 Å². The van der Waals surface area contributed by atoms with Crippen molar-refractivity contribution >= 4 is 17.2 Å². The third kappa shape index (κ3) is 2.56.